The van der Waals surface area contributed by atoms with Gasteiger partial charge in [0.05, 0.1) is 0 Å². The molecule has 0 fully saturated rings. The van der Waals surface area contributed by atoms with Crippen molar-refractivity contribution in [2.45, 2.75) is 20.4 Å². The van der Waals surface area contributed by atoms with Crippen LogP contribution in [0.1, 0.15) is 11.4 Å². The summed E-state index contributed by atoms with van der Waals surface area (Å²) in [6.07, 6.45) is 1.46. The summed E-state index contributed by atoms with van der Waals surface area (Å²) in [5.41, 5.74) is 3.21. The minimum atomic E-state index is -0.338. The van der Waals surface area contributed by atoms with E-state index in [-0.39, 0.29) is 18.0 Å². The number of aromatic nitrogens is 4. The van der Waals surface area contributed by atoms with Gasteiger partial charge in [0.25, 0.3) is 5.56 Å². The van der Waals surface area contributed by atoms with Gasteiger partial charge in [0.2, 0.25) is 5.91 Å². The molecule has 0 bridgehead atoms. The molecule has 2 aromatic carbocycles. The first kappa shape index (κ1) is 21.7. The zero-order valence-corrected chi connectivity index (χ0v) is 18.2. The zero-order valence-electron chi connectivity index (χ0n) is 18.2. The van der Waals surface area contributed by atoms with Crippen LogP contribution in [-0.2, 0) is 11.3 Å². The summed E-state index contributed by atoms with van der Waals surface area (Å²) in [4.78, 5) is 32.8. The van der Waals surface area contributed by atoms with E-state index in [0.717, 1.165) is 16.1 Å². The maximum absolute atomic E-state index is 12.2. The Hall–Kier alpha value is -4.53. The summed E-state index contributed by atoms with van der Waals surface area (Å²) in [5, 5.41) is 13.2. The molecule has 2 aromatic heterocycles. The average molecular weight is 441 g/mol. The fourth-order valence-corrected chi connectivity index (χ4v) is 3.11. The molecule has 9 nitrogen and oxygen atoms in total. The second kappa shape index (κ2) is 9.73. The van der Waals surface area contributed by atoms with Crippen LogP contribution in [0.4, 0.5) is 28.7 Å². The standard InChI is InChI=1S/C24H23N7O2/c1-16-5-7-18(8-6-16)28-21-14-22(27-17(2)26-21)29-19-9-11-20(12-10-19)30-23(32)15-31-24(33)4-3-13-25-31/h3-14H,15H2,1-2H3,(H,30,32)(H2,26,27,28,29). The molecule has 0 saturated carbocycles. The fraction of sp³-hybridized carbons (Fsp3) is 0.125. The number of rotatable bonds is 7. The van der Waals surface area contributed by atoms with E-state index in [1.54, 1.807) is 12.1 Å². The third kappa shape index (κ3) is 6.01. The molecule has 166 valence electrons. The molecule has 3 N–H and O–H groups in total. The van der Waals surface area contributed by atoms with Crippen molar-refractivity contribution in [2.24, 2.45) is 0 Å². The summed E-state index contributed by atoms with van der Waals surface area (Å²) in [7, 11) is 0. The van der Waals surface area contributed by atoms with Crippen LogP contribution in [0.15, 0.2) is 77.7 Å². The van der Waals surface area contributed by atoms with Crippen LogP contribution in [0, 0.1) is 13.8 Å². The highest BCUT2D eigenvalue weighted by Crippen LogP contribution is 2.22. The van der Waals surface area contributed by atoms with Gasteiger partial charge in [-0.15, -0.1) is 0 Å². The molecule has 0 radical (unpaired) electrons. The van der Waals surface area contributed by atoms with Gasteiger partial charge in [-0.3, -0.25) is 9.59 Å². The highest BCUT2D eigenvalue weighted by Gasteiger charge is 2.07. The quantitative estimate of drug-likeness (QED) is 0.400. The fourth-order valence-electron chi connectivity index (χ4n) is 3.11. The first-order valence-electron chi connectivity index (χ1n) is 10.3. The van der Waals surface area contributed by atoms with Crippen LogP contribution >= 0.6 is 0 Å². The molecule has 0 saturated heterocycles. The topological polar surface area (TPSA) is 114 Å². The van der Waals surface area contributed by atoms with Gasteiger partial charge in [-0.2, -0.15) is 5.10 Å². The lowest BCUT2D eigenvalue weighted by molar-refractivity contribution is -0.117. The van der Waals surface area contributed by atoms with E-state index in [1.165, 1.54) is 23.9 Å². The van der Waals surface area contributed by atoms with Crippen molar-refractivity contribution < 1.29 is 4.79 Å². The Morgan fingerprint density at radius 1 is 0.848 bits per heavy atom. The second-order valence-corrected chi connectivity index (χ2v) is 7.45. The lowest BCUT2D eigenvalue weighted by atomic mass is 10.2. The molecule has 33 heavy (non-hydrogen) atoms. The van der Waals surface area contributed by atoms with Crippen LogP contribution in [0.25, 0.3) is 0 Å². The number of hydrogen-bond acceptors (Lipinski definition) is 7. The third-order valence-electron chi connectivity index (χ3n) is 4.68. The molecule has 1 amide bonds. The van der Waals surface area contributed by atoms with Gasteiger partial charge in [-0.1, -0.05) is 17.7 Å². The number of nitrogens with zero attached hydrogens (tertiary/aromatic N) is 4. The Morgan fingerprint density at radius 3 is 2.03 bits per heavy atom. The minimum Gasteiger partial charge on any atom is -0.340 e. The van der Waals surface area contributed by atoms with Crippen molar-refractivity contribution in [3.63, 3.8) is 0 Å². The first-order valence-corrected chi connectivity index (χ1v) is 10.3. The highest BCUT2D eigenvalue weighted by atomic mass is 16.2. The van der Waals surface area contributed by atoms with Crippen molar-refractivity contribution in [3.05, 3.63) is 94.7 Å². The van der Waals surface area contributed by atoms with E-state index in [0.29, 0.717) is 23.1 Å². The van der Waals surface area contributed by atoms with Crippen molar-refractivity contribution >= 4 is 34.6 Å². The van der Waals surface area contributed by atoms with Gasteiger partial charge in [0.1, 0.15) is 24.0 Å². The molecule has 0 aliphatic heterocycles. The summed E-state index contributed by atoms with van der Waals surface area (Å²) in [6, 6.07) is 20.0. The average Bonchev–Trinajstić information content (AvgIpc) is 2.78. The van der Waals surface area contributed by atoms with E-state index in [2.05, 4.69) is 31.0 Å². The Morgan fingerprint density at radius 2 is 1.42 bits per heavy atom. The molecule has 4 rings (SSSR count). The Bertz CT molecular complexity index is 1320. The van der Waals surface area contributed by atoms with Crippen molar-refractivity contribution in [3.8, 4) is 0 Å². The number of amides is 1. The van der Waals surface area contributed by atoms with Gasteiger partial charge in [-0.25, -0.2) is 14.6 Å². The van der Waals surface area contributed by atoms with Crippen LogP contribution in [0.5, 0.6) is 0 Å². The summed E-state index contributed by atoms with van der Waals surface area (Å²) in [6.45, 7) is 3.72. The molecule has 9 heteroatoms. The van der Waals surface area contributed by atoms with Crippen molar-refractivity contribution in [2.75, 3.05) is 16.0 Å². The number of aryl methyl sites for hydroxylation is 2. The molecule has 0 unspecified atom stereocenters. The predicted molar refractivity (Wildman–Crippen MR) is 128 cm³/mol. The molecule has 4 aromatic rings. The molecule has 0 spiro atoms. The Balaban J connectivity index is 1.39. The lowest BCUT2D eigenvalue weighted by Crippen LogP contribution is -2.28. The maximum Gasteiger partial charge on any atom is 0.267 e. The second-order valence-electron chi connectivity index (χ2n) is 7.45. The van der Waals surface area contributed by atoms with Crippen LogP contribution in [0.3, 0.4) is 0 Å². The normalized spacial score (nSPS) is 10.5. The summed E-state index contributed by atoms with van der Waals surface area (Å²) in [5.74, 6) is 1.61. The van der Waals surface area contributed by atoms with E-state index in [9.17, 15) is 9.59 Å². The Labute approximate surface area is 190 Å². The number of hydrogen-bond donors (Lipinski definition) is 3. The van der Waals surface area contributed by atoms with E-state index < -0.39 is 0 Å². The number of nitrogens with one attached hydrogen (secondary N) is 3. The summed E-state index contributed by atoms with van der Waals surface area (Å²) >= 11 is 0. The first-order chi connectivity index (χ1) is 15.9. The Kier molecular flexibility index (Phi) is 6.40. The SMILES string of the molecule is Cc1ccc(Nc2cc(Nc3ccc(NC(=O)Cn4ncccc4=O)cc3)nc(C)n2)cc1. The molecule has 0 atom stereocenters. The number of anilines is 5. The highest BCUT2D eigenvalue weighted by molar-refractivity contribution is 5.90. The van der Waals surface area contributed by atoms with Gasteiger partial charge in [0.15, 0.2) is 0 Å². The molecular weight excluding hydrogens is 418 g/mol. The smallest absolute Gasteiger partial charge is 0.267 e. The lowest BCUT2D eigenvalue weighted by Gasteiger charge is -2.11. The maximum atomic E-state index is 12.2. The van der Waals surface area contributed by atoms with E-state index >= 15 is 0 Å². The predicted octanol–water partition coefficient (Wildman–Crippen LogP) is 3.78. The molecule has 0 aliphatic carbocycles. The number of carbonyl (C=O) groups excluding carboxylic acids is 1. The number of benzene rings is 2. The molecule has 2 heterocycles. The van der Waals surface area contributed by atoms with Gasteiger partial charge in [-0.05, 0) is 56.3 Å². The monoisotopic (exact) mass is 441 g/mol. The van der Waals surface area contributed by atoms with Gasteiger partial charge < -0.3 is 16.0 Å². The van der Waals surface area contributed by atoms with Crippen LogP contribution in [0.2, 0.25) is 0 Å². The third-order valence-corrected chi connectivity index (χ3v) is 4.68. The molecular formula is C24H23N7O2. The van der Waals surface area contributed by atoms with Gasteiger partial charge >= 0.3 is 0 Å². The van der Waals surface area contributed by atoms with Crippen LogP contribution < -0.4 is 21.5 Å². The molecule has 0 aliphatic rings. The number of carbonyl (C=O) groups is 1. The minimum absolute atomic E-state index is 0.156. The summed E-state index contributed by atoms with van der Waals surface area (Å²) < 4.78 is 1.10. The van der Waals surface area contributed by atoms with E-state index in [1.807, 2.05) is 56.3 Å². The van der Waals surface area contributed by atoms with Gasteiger partial charge in [0, 0.05) is 35.4 Å². The zero-order chi connectivity index (χ0) is 23.2. The van der Waals surface area contributed by atoms with E-state index in [4.69, 9.17) is 0 Å². The largest absolute Gasteiger partial charge is 0.340 e. The van der Waals surface area contributed by atoms with Crippen LogP contribution in [-0.4, -0.2) is 25.7 Å². The van der Waals surface area contributed by atoms with Crippen molar-refractivity contribution in [1.82, 2.24) is 19.7 Å². The van der Waals surface area contributed by atoms with Crippen molar-refractivity contribution in [1.29, 1.82) is 0 Å².